The fourth-order valence-electron chi connectivity index (χ4n) is 8.18. The van der Waals surface area contributed by atoms with Gasteiger partial charge in [0.05, 0.1) is 28.4 Å². The van der Waals surface area contributed by atoms with Crippen LogP contribution in [0.15, 0.2) is 115 Å². The molecule has 2 aliphatic carbocycles. The highest BCUT2D eigenvalue weighted by atomic mass is 79.9. The van der Waals surface area contributed by atoms with Gasteiger partial charge in [-0.1, -0.05) is 84.5 Å². The van der Waals surface area contributed by atoms with E-state index in [0.29, 0.717) is 5.92 Å². The van der Waals surface area contributed by atoms with Crippen LogP contribution in [0.1, 0.15) is 81.5 Å². The van der Waals surface area contributed by atoms with Gasteiger partial charge < -0.3 is 28.4 Å². The van der Waals surface area contributed by atoms with Crippen LogP contribution < -0.4 is 0 Å². The molecule has 0 radical (unpaired) electrons. The standard InChI is InChI=1S/C44H40Br4O10/c1-43(2)28-20-21-44(43,3)34(22-28)55-42-37(58-41(52)27-10-18-32(48)19-11-27)36(57-40(51)26-8-16-31(47)17-9-26)35(56-39(50)25-6-14-30(46)15-7-25)33(54-42)23-53-38(49)24-4-12-29(45)13-5-24/h4-19,28,33-37,42H,20-23H2,1-3H3/t28-,33+,34+,35+,36-,37+,42-,44+/m0/s1. The number of hydrogen-bond acceptors (Lipinski definition) is 10. The molecular formula is C44H40Br4O10. The molecule has 58 heavy (non-hydrogen) atoms. The predicted molar refractivity (Wildman–Crippen MR) is 227 cm³/mol. The molecule has 2 bridgehead atoms. The third-order valence-electron chi connectivity index (χ3n) is 12.0. The van der Waals surface area contributed by atoms with E-state index in [-0.39, 0.29) is 39.2 Å². The normalized spacial score (nSPS) is 27.1. The largest absolute Gasteiger partial charge is 0.459 e. The van der Waals surface area contributed by atoms with Crippen LogP contribution in [-0.2, 0) is 28.4 Å². The average molecular weight is 1050 g/mol. The van der Waals surface area contributed by atoms with Crippen LogP contribution in [0.5, 0.6) is 0 Å². The monoisotopic (exact) mass is 1040 g/mol. The quantitative estimate of drug-likeness (QED) is 0.106. The first kappa shape index (κ1) is 42.7. The minimum absolute atomic E-state index is 0.0638. The molecule has 304 valence electrons. The maximum Gasteiger partial charge on any atom is 0.338 e. The molecule has 1 aliphatic heterocycles. The Morgan fingerprint density at radius 2 is 0.983 bits per heavy atom. The van der Waals surface area contributed by atoms with Gasteiger partial charge in [-0.05, 0) is 133 Å². The summed E-state index contributed by atoms with van der Waals surface area (Å²) in [7, 11) is 0. The summed E-state index contributed by atoms with van der Waals surface area (Å²) < 4.78 is 41.1. The molecule has 3 fully saturated rings. The number of fused-ring (bicyclic) bond motifs is 2. The van der Waals surface area contributed by atoms with Crippen molar-refractivity contribution in [2.24, 2.45) is 16.7 Å². The van der Waals surface area contributed by atoms with E-state index < -0.39 is 61.2 Å². The lowest BCUT2D eigenvalue weighted by atomic mass is 9.70. The molecule has 10 nitrogen and oxygen atoms in total. The number of carbonyl (C=O) groups is 4. The average Bonchev–Trinajstić information content (AvgIpc) is 3.54. The number of benzene rings is 4. The Balaban J connectivity index is 1.30. The van der Waals surface area contributed by atoms with Crippen LogP contribution in [-0.4, -0.2) is 67.3 Å². The molecule has 14 heteroatoms. The second-order valence-corrected chi connectivity index (χ2v) is 19.2. The Labute approximate surface area is 370 Å². The minimum Gasteiger partial charge on any atom is -0.459 e. The van der Waals surface area contributed by atoms with Gasteiger partial charge in [0, 0.05) is 17.9 Å². The second-order valence-electron chi connectivity index (χ2n) is 15.5. The van der Waals surface area contributed by atoms with Crippen molar-refractivity contribution in [1.29, 1.82) is 0 Å². The van der Waals surface area contributed by atoms with Crippen molar-refractivity contribution in [3.05, 3.63) is 137 Å². The van der Waals surface area contributed by atoms with Gasteiger partial charge >= 0.3 is 23.9 Å². The molecule has 0 unspecified atom stereocenters. The molecule has 2 saturated carbocycles. The summed E-state index contributed by atoms with van der Waals surface area (Å²) in [5, 5.41) is 0. The lowest BCUT2D eigenvalue weighted by Crippen LogP contribution is -2.64. The van der Waals surface area contributed by atoms with Crippen LogP contribution in [0, 0.1) is 16.7 Å². The fourth-order valence-corrected chi connectivity index (χ4v) is 9.24. The van der Waals surface area contributed by atoms with Crippen molar-refractivity contribution >= 4 is 87.6 Å². The first-order valence-corrected chi connectivity index (χ1v) is 21.9. The number of esters is 4. The Morgan fingerprint density at radius 1 is 0.586 bits per heavy atom. The van der Waals surface area contributed by atoms with Gasteiger partial charge in [-0.25, -0.2) is 19.2 Å². The molecule has 0 N–H and O–H groups in total. The predicted octanol–water partition coefficient (Wildman–Crippen LogP) is 10.5. The van der Waals surface area contributed by atoms with Gasteiger partial charge in [-0.2, -0.15) is 0 Å². The van der Waals surface area contributed by atoms with Crippen molar-refractivity contribution in [3.63, 3.8) is 0 Å². The maximum atomic E-state index is 14.1. The van der Waals surface area contributed by atoms with Crippen LogP contribution >= 0.6 is 63.7 Å². The number of halogens is 4. The van der Waals surface area contributed by atoms with E-state index in [1.165, 1.54) is 0 Å². The SMILES string of the molecule is CC1(C)[C@H]2CC[C@]1(C)[C@H](O[C@@H]1O[C@H](COC(=O)c3ccc(Br)cc3)[C@@H](OC(=O)c3ccc(Br)cc3)[C@H](OC(=O)c3ccc(Br)cc3)[C@H]1OC(=O)c1ccc(Br)cc1)C2. The van der Waals surface area contributed by atoms with Gasteiger partial charge in [0.25, 0.3) is 0 Å². The highest BCUT2D eigenvalue weighted by molar-refractivity contribution is 9.11. The maximum absolute atomic E-state index is 14.1. The van der Waals surface area contributed by atoms with Gasteiger partial charge in [-0.15, -0.1) is 0 Å². The minimum atomic E-state index is -1.51. The zero-order chi connectivity index (χ0) is 41.4. The highest BCUT2D eigenvalue weighted by Crippen LogP contribution is 2.66. The summed E-state index contributed by atoms with van der Waals surface area (Å²) in [4.78, 5) is 55.5. The van der Waals surface area contributed by atoms with Crippen LogP contribution in [0.4, 0.5) is 0 Å². The Hall–Kier alpha value is -3.40. The van der Waals surface area contributed by atoms with E-state index in [9.17, 15) is 19.2 Å². The van der Waals surface area contributed by atoms with Crippen molar-refractivity contribution < 1.29 is 47.6 Å². The van der Waals surface area contributed by atoms with E-state index in [4.69, 9.17) is 28.4 Å². The van der Waals surface area contributed by atoms with E-state index in [1.54, 1.807) is 97.1 Å². The first-order chi connectivity index (χ1) is 27.6. The molecule has 4 aromatic rings. The van der Waals surface area contributed by atoms with Crippen molar-refractivity contribution in [2.75, 3.05) is 6.61 Å². The Morgan fingerprint density at radius 3 is 1.38 bits per heavy atom. The van der Waals surface area contributed by atoms with Crippen molar-refractivity contribution in [3.8, 4) is 0 Å². The molecule has 0 spiro atoms. The summed E-state index contributed by atoms with van der Waals surface area (Å²) >= 11 is 13.6. The Bertz CT molecular complexity index is 2140. The number of carbonyl (C=O) groups excluding carboxylic acids is 4. The summed E-state index contributed by atoms with van der Waals surface area (Å²) in [6, 6.07) is 26.2. The van der Waals surface area contributed by atoms with E-state index >= 15 is 0 Å². The zero-order valence-electron chi connectivity index (χ0n) is 31.7. The number of ether oxygens (including phenoxy) is 6. The van der Waals surface area contributed by atoms with Gasteiger partial charge in [-0.3, -0.25) is 0 Å². The second kappa shape index (κ2) is 17.7. The summed E-state index contributed by atoms with van der Waals surface area (Å²) in [6.07, 6.45) is -4.69. The van der Waals surface area contributed by atoms with Gasteiger partial charge in [0.1, 0.15) is 12.7 Å². The van der Waals surface area contributed by atoms with Gasteiger partial charge in [0.15, 0.2) is 24.6 Å². The number of rotatable bonds is 11. The molecular weight excluding hydrogens is 1010 g/mol. The van der Waals surface area contributed by atoms with Crippen LogP contribution in [0.2, 0.25) is 0 Å². The molecule has 4 aromatic carbocycles. The van der Waals surface area contributed by atoms with E-state index in [2.05, 4.69) is 84.5 Å². The molecule has 1 saturated heterocycles. The lowest BCUT2D eigenvalue weighted by molar-refractivity contribution is -0.316. The number of hydrogen-bond donors (Lipinski definition) is 0. The molecule has 8 atom stereocenters. The van der Waals surface area contributed by atoms with Gasteiger partial charge in [0.2, 0.25) is 0 Å². The third-order valence-corrected chi connectivity index (χ3v) is 14.1. The van der Waals surface area contributed by atoms with Crippen LogP contribution in [0.3, 0.4) is 0 Å². The van der Waals surface area contributed by atoms with Crippen molar-refractivity contribution in [1.82, 2.24) is 0 Å². The topological polar surface area (TPSA) is 124 Å². The first-order valence-electron chi connectivity index (χ1n) is 18.8. The highest BCUT2D eigenvalue weighted by Gasteiger charge is 2.64. The van der Waals surface area contributed by atoms with E-state index in [1.807, 2.05) is 0 Å². The fraction of sp³-hybridized carbons (Fsp3) is 0.364. The zero-order valence-corrected chi connectivity index (χ0v) is 38.0. The molecule has 1 heterocycles. The van der Waals surface area contributed by atoms with Crippen LogP contribution in [0.25, 0.3) is 0 Å². The van der Waals surface area contributed by atoms with Crippen molar-refractivity contribution in [2.45, 2.75) is 76.8 Å². The summed E-state index contributed by atoms with van der Waals surface area (Å²) in [6.45, 7) is 6.24. The smallest absolute Gasteiger partial charge is 0.338 e. The Kier molecular flexibility index (Phi) is 13.0. The van der Waals surface area contributed by atoms with E-state index in [0.717, 1.165) is 37.2 Å². The lowest BCUT2D eigenvalue weighted by Gasteiger charge is -2.47. The molecule has 0 aromatic heterocycles. The molecule has 7 rings (SSSR count). The summed E-state index contributed by atoms with van der Waals surface area (Å²) in [5.74, 6) is -2.61. The molecule has 3 aliphatic rings. The molecule has 0 amide bonds. The third kappa shape index (κ3) is 9.02. The summed E-state index contributed by atoms with van der Waals surface area (Å²) in [5.41, 5.74) is 0.522.